The Kier molecular flexibility index (Phi) is 2.91. The van der Waals surface area contributed by atoms with Crippen molar-refractivity contribution in [3.8, 4) is 11.3 Å². The van der Waals surface area contributed by atoms with Gasteiger partial charge in [0.25, 0.3) is 0 Å². The summed E-state index contributed by atoms with van der Waals surface area (Å²) < 4.78 is 1.64. The fraction of sp³-hybridized carbons (Fsp3) is 0.100. The van der Waals surface area contributed by atoms with E-state index in [0.29, 0.717) is 4.47 Å². The number of halogens is 2. The molecule has 1 nitrogen and oxygen atoms in total. The molecule has 0 aliphatic carbocycles. The van der Waals surface area contributed by atoms with Crippen LogP contribution in [0, 0.1) is 6.92 Å². The van der Waals surface area contributed by atoms with Crippen molar-refractivity contribution < 1.29 is 0 Å². The molecule has 4 heteroatoms. The molecule has 0 radical (unpaired) electrons. The van der Waals surface area contributed by atoms with E-state index in [1.807, 2.05) is 11.4 Å². The molecule has 0 atom stereocenters. The lowest BCUT2D eigenvalue weighted by Gasteiger charge is -2.02. The van der Waals surface area contributed by atoms with Gasteiger partial charge in [-0.1, -0.05) is 33.6 Å². The molecule has 1 aromatic heterocycles. The van der Waals surface area contributed by atoms with Gasteiger partial charge in [0, 0.05) is 15.4 Å². The van der Waals surface area contributed by atoms with Crippen molar-refractivity contribution in [2.75, 3.05) is 0 Å². The Hall–Kier alpha value is -0.380. The van der Waals surface area contributed by atoms with E-state index in [0.717, 1.165) is 15.7 Å². The molecular weight excluding hydrogens is 282 g/mol. The summed E-state index contributed by atoms with van der Waals surface area (Å²) in [5, 5.41) is 1.97. The zero-order chi connectivity index (χ0) is 10.1. The molecule has 0 bridgehead atoms. The van der Waals surface area contributed by atoms with Gasteiger partial charge in [0.15, 0.2) is 4.47 Å². The molecule has 72 valence electrons. The van der Waals surface area contributed by atoms with Crippen LogP contribution in [0.3, 0.4) is 0 Å². The normalized spacial score (nSPS) is 10.5. The van der Waals surface area contributed by atoms with Crippen LogP contribution in [-0.4, -0.2) is 4.98 Å². The van der Waals surface area contributed by atoms with E-state index in [4.69, 9.17) is 11.6 Å². The summed E-state index contributed by atoms with van der Waals surface area (Å²) >= 11 is 10.7. The first-order valence-corrected chi connectivity index (χ1v) is 6.09. The lowest BCUT2D eigenvalue weighted by molar-refractivity contribution is 1.36. The summed E-state index contributed by atoms with van der Waals surface area (Å²) in [6.45, 7) is 2.06. The van der Waals surface area contributed by atoms with E-state index < -0.39 is 0 Å². The Morgan fingerprint density at radius 2 is 2.21 bits per heavy atom. The molecule has 0 aliphatic rings. The first-order chi connectivity index (χ1) is 6.66. The van der Waals surface area contributed by atoms with Crippen LogP contribution >= 0.6 is 38.9 Å². The maximum atomic E-state index is 5.80. The molecule has 2 rings (SSSR count). The van der Waals surface area contributed by atoms with Crippen LogP contribution in [-0.2, 0) is 0 Å². The summed E-state index contributed by atoms with van der Waals surface area (Å²) in [6, 6.07) is 6.14. The van der Waals surface area contributed by atoms with Crippen molar-refractivity contribution in [1.82, 2.24) is 4.98 Å². The molecular formula is C10H7BrClNS. The minimum atomic E-state index is 0.583. The Balaban J connectivity index is 2.55. The first kappa shape index (κ1) is 10.1. The number of aromatic nitrogens is 1. The van der Waals surface area contributed by atoms with Crippen LogP contribution < -0.4 is 0 Å². The van der Waals surface area contributed by atoms with Crippen molar-refractivity contribution in [2.45, 2.75) is 6.92 Å². The average molecular weight is 289 g/mol. The van der Waals surface area contributed by atoms with Gasteiger partial charge in [-0.05, 0) is 24.6 Å². The molecule has 0 unspecified atom stereocenters. The highest BCUT2D eigenvalue weighted by Crippen LogP contribution is 2.29. The lowest BCUT2D eigenvalue weighted by Crippen LogP contribution is -1.82. The third-order valence-electron chi connectivity index (χ3n) is 1.95. The number of rotatable bonds is 1. The summed E-state index contributed by atoms with van der Waals surface area (Å²) in [6.07, 6.45) is 0. The monoisotopic (exact) mass is 287 g/mol. The fourth-order valence-corrected chi connectivity index (χ4v) is 2.37. The molecule has 0 spiro atoms. The molecule has 1 heterocycles. The van der Waals surface area contributed by atoms with E-state index in [2.05, 4.69) is 40.0 Å². The number of aryl methyl sites for hydroxylation is 1. The molecule has 0 saturated carbocycles. The molecule has 0 aliphatic heterocycles. The van der Waals surface area contributed by atoms with Crippen LogP contribution in [0.4, 0.5) is 0 Å². The van der Waals surface area contributed by atoms with E-state index in [1.165, 1.54) is 16.9 Å². The Bertz CT molecular complexity index is 467. The number of thiazole rings is 1. The predicted molar refractivity (Wildman–Crippen MR) is 65.0 cm³/mol. The van der Waals surface area contributed by atoms with Crippen LogP contribution in [0.1, 0.15) is 5.56 Å². The molecule has 1 aromatic carbocycles. The van der Waals surface area contributed by atoms with Crippen molar-refractivity contribution in [3.05, 3.63) is 38.1 Å². The van der Waals surface area contributed by atoms with Gasteiger partial charge in [-0.3, -0.25) is 0 Å². The fourth-order valence-electron chi connectivity index (χ4n) is 1.25. The highest BCUT2D eigenvalue weighted by molar-refractivity contribution is 9.10. The van der Waals surface area contributed by atoms with Gasteiger partial charge >= 0.3 is 0 Å². The number of hydrogen-bond donors (Lipinski definition) is 0. The van der Waals surface area contributed by atoms with Gasteiger partial charge in [0.05, 0.1) is 5.69 Å². The van der Waals surface area contributed by atoms with Gasteiger partial charge in [0.1, 0.15) is 0 Å². The second kappa shape index (κ2) is 4.01. The first-order valence-electron chi connectivity index (χ1n) is 4.04. The lowest BCUT2D eigenvalue weighted by atomic mass is 10.1. The quantitative estimate of drug-likeness (QED) is 0.751. The summed E-state index contributed by atoms with van der Waals surface area (Å²) in [7, 11) is 0. The second-order valence-corrected chi connectivity index (χ2v) is 5.30. The highest BCUT2D eigenvalue weighted by atomic mass is 79.9. The third kappa shape index (κ3) is 2.00. The van der Waals surface area contributed by atoms with Crippen LogP contribution in [0.25, 0.3) is 11.3 Å². The third-order valence-corrected chi connectivity index (χ3v) is 3.42. The molecule has 0 N–H and O–H groups in total. The zero-order valence-corrected chi connectivity index (χ0v) is 10.6. The van der Waals surface area contributed by atoms with E-state index >= 15 is 0 Å². The smallest absolute Gasteiger partial charge is 0.184 e. The minimum absolute atomic E-state index is 0.583. The Morgan fingerprint density at radius 3 is 2.86 bits per heavy atom. The van der Waals surface area contributed by atoms with Crippen molar-refractivity contribution >= 4 is 38.9 Å². The maximum Gasteiger partial charge on any atom is 0.184 e. The van der Waals surface area contributed by atoms with Crippen LogP contribution in [0.15, 0.2) is 28.1 Å². The zero-order valence-electron chi connectivity index (χ0n) is 7.42. The Labute approximate surface area is 99.9 Å². The standard InChI is InChI=1S/C10H7BrClNS/c1-6-2-3-7(11)4-8(6)9-5-14-10(12)13-9/h2-5H,1H3. The summed E-state index contributed by atoms with van der Waals surface area (Å²) in [5.74, 6) is 0. The topological polar surface area (TPSA) is 12.9 Å². The summed E-state index contributed by atoms with van der Waals surface area (Å²) in [4.78, 5) is 4.25. The second-order valence-electron chi connectivity index (χ2n) is 2.94. The van der Waals surface area contributed by atoms with Gasteiger partial charge in [-0.15, -0.1) is 11.3 Å². The molecule has 0 saturated heterocycles. The number of nitrogens with zero attached hydrogens (tertiary/aromatic N) is 1. The molecule has 0 amide bonds. The van der Waals surface area contributed by atoms with Crippen LogP contribution in [0.5, 0.6) is 0 Å². The van der Waals surface area contributed by atoms with Crippen molar-refractivity contribution in [3.63, 3.8) is 0 Å². The molecule has 2 aromatic rings. The van der Waals surface area contributed by atoms with Gasteiger partial charge < -0.3 is 0 Å². The van der Waals surface area contributed by atoms with E-state index in [-0.39, 0.29) is 0 Å². The predicted octanol–water partition coefficient (Wildman–Crippen LogP) is 4.53. The molecule has 0 fully saturated rings. The average Bonchev–Trinajstić information content (AvgIpc) is 2.56. The molecule has 14 heavy (non-hydrogen) atoms. The maximum absolute atomic E-state index is 5.80. The van der Waals surface area contributed by atoms with E-state index in [9.17, 15) is 0 Å². The SMILES string of the molecule is Cc1ccc(Br)cc1-c1csc(Cl)n1. The number of benzene rings is 1. The van der Waals surface area contributed by atoms with E-state index in [1.54, 1.807) is 0 Å². The van der Waals surface area contributed by atoms with Gasteiger partial charge in [-0.25, -0.2) is 4.98 Å². The van der Waals surface area contributed by atoms with Gasteiger partial charge in [-0.2, -0.15) is 0 Å². The largest absolute Gasteiger partial charge is 0.225 e. The minimum Gasteiger partial charge on any atom is -0.225 e. The van der Waals surface area contributed by atoms with Crippen molar-refractivity contribution in [1.29, 1.82) is 0 Å². The Morgan fingerprint density at radius 1 is 1.43 bits per heavy atom. The highest BCUT2D eigenvalue weighted by Gasteiger charge is 2.06. The number of hydrogen-bond acceptors (Lipinski definition) is 2. The van der Waals surface area contributed by atoms with Gasteiger partial charge in [0.2, 0.25) is 0 Å². The van der Waals surface area contributed by atoms with Crippen molar-refractivity contribution in [2.24, 2.45) is 0 Å². The summed E-state index contributed by atoms with van der Waals surface area (Å²) in [5.41, 5.74) is 3.27. The van der Waals surface area contributed by atoms with Crippen LogP contribution in [0.2, 0.25) is 4.47 Å².